The van der Waals surface area contributed by atoms with Crippen LogP contribution in [0.2, 0.25) is 10.0 Å². The van der Waals surface area contributed by atoms with E-state index in [0.29, 0.717) is 23.6 Å². The Kier molecular flexibility index (Phi) is 5.19. The maximum Gasteiger partial charge on any atom is 0.236 e. The summed E-state index contributed by atoms with van der Waals surface area (Å²) in [4.78, 5) is 32.9. The van der Waals surface area contributed by atoms with Gasteiger partial charge in [0, 0.05) is 23.3 Å². The first kappa shape index (κ1) is 23.6. The van der Waals surface area contributed by atoms with Gasteiger partial charge in [0.2, 0.25) is 23.1 Å². The summed E-state index contributed by atoms with van der Waals surface area (Å²) in [5.74, 6) is -0.838. The molecule has 0 saturated carbocycles. The number of phenolic OH excluding ortho intramolecular Hbond substituents is 1. The number of nitrogens with one attached hydrogen (secondary N) is 1. The summed E-state index contributed by atoms with van der Waals surface area (Å²) in [6.45, 7) is 1.77. The quantitative estimate of drug-likeness (QED) is 0.468. The molecule has 37 heavy (non-hydrogen) atoms. The topological polar surface area (TPSA) is 125 Å². The highest BCUT2D eigenvalue weighted by Crippen LogP contribution is 2.55. The van der Waals surface area contributed by atoms with Crippen molar-refractivity contribution in [1.82, 2.24) is 14.8 Å². The number of allylic oxidation sites excluding steroid dienone is 1. The lowest BCUT2D eigenvalue weighted by Gasteiger charge is -2.41. The average Bonchev–Trinajstić information content (AvgIpc) is 3.47. The van der Waals surface area contributed by atoms with Crippen LogP contribution in [0.25, 0.3) is 0 Å². The number of halogens is 2. The molecule has 1 aromatic heterocycles. The Morgan fingerprint density at radius 1 is 1.16 bits per heavy atom. The van der Waals surface area contributed by atoms with E-state index in [1.54, 1.807) is 19.1 Å². The van der Waals surface area contributed by atoms with Crippen molar-refractivity contribution in [2.45, 2.75) is 25.0 Å². The van der Waals surface area contributed by atoms with Gasteiger partial charge in [0.15, 0.2) is 5.75 Å². The van der Waals surface area contributed by atoms with Crippen LogP contribution >= 0.6 is 23.2 Å². The number of rotatable bonds is 3. The Labute approximate surface area is 220 Å². The molecule has 0 fully saturated rings. The van der Waals surface area contributed by atoms with E-state index in [2.05, 4.69) is 15.4 Å². The minimum atomic E-state index is -1.89. The van der Waals surface area contributed by atoms with E-state index in [4.69, 9.17) is 37.4 Å². The van der Waals surface area contributed by atoms with Gasteiger partial charge in [0.1, 0.15) is 40.2 Å². The van der Waals surface area contributed by atoms with E-state index in [9.17, 15) is 14.7 Å². The summed E-state index contributed by atoms with van der Waals surface area (Å²) in [5, 5.41) is 17.7. The number of hydrogen-bond donors (Lipinski definition) is 2. The predicted octanol–water partition coefficient (Wildman–Crippen LogP) is 4.20. The number of hydrogen-bond acceptors (Lipinski definition) is 9. The van der Waals surface area contributed by atoms with Crippen molar-refractivity contribution >= 4 is 40.7 Å². The fourth-order valence-electron chi connectivity index (χ4n) is 5.39. The molecule has 2 aromatic carbocycles. The standard InChI is InChI=1S/C25H20Cl2N4O6/c1-10-6-13-17(20(31-24(30-13)28-9-29-31)11-4-5-14(32)12(26)7-11)22(33)25(10)23(34)18-15(35-2)8-16(36-3)19(27)21(18)37-25/h4-5,7-10,20,32H,6H2,1-3H3,(H,28,29,30)/t10-,20?,25+/m1/s1. The Hall–Kier alpha value is -3.76. The number of benzene rings is 2. The van der Waals surface area contributed by atoms with E-state index >= 15 is 0 Å². The third-order valence-corrected chi connectivity index (χ3v) is 7.83. The number of carbonyl (C=O) groups excluding carboxylic acids is 2. The molecule has 3 aliphatic rings. The van der Waals surface area contributed by atoms with Gasteiger partial charge in [-0.1, -0.05) is 36.2 Å². The van der Waals surface area contributed by atoms with Crippen LogP contribution in [-0.2, 0) is 4.79 Å². The number of ketones is 2. The van der Waals surface area contributed by atoms with Gasteiger partial charge in [-0.15, -0.1) is 0 Å². The average molecular weight is 543 g/mol. The zero-order chi connectivity index (χ0) is 26.2. The van der Waals surface area contributed by atoms with Gasteiger partial charge in [-0.25, -0.2) is 4.68 Å². The van der Waals surface area contributed by atoms with Crippen molar-refractivity contribution in [1.29, 1.82) is 0 Å². The molecule has 190 valence electrons. The number of aromatic hydroxyl groups is 1. The second kappa shape index (κ2) is 8.12. The van der Waals surface area contributed by atoms with E-state index in [1.807, 2.05) is 0 Å². The van der Waals surface area contributed by atoms with Crippen molar-refractivity contribution in [3.05, 3.63) is 63.0 Å². The molecular formula is C25H20Cl2N4O6. The van der Waals surface area contributed by atoms with Crippen LogP contribution in [0.4, 0.5) is 5.95 Å². The molecule has 2 aliphatic heterocycles. The molecule has 1 spiro atoms. The molecule has 10 nitrogen and oxygen atoms in total. The Morgan fingerprint density at radius 2 is 1.92 bits per heavy atom. The van der Waals surface area contributed by atoms with Gasteiger partial charge in [0.25, 0.3) is 0 Å². The second-order valence-electron chi connectivity index (χ2n) is 9.06. The molecule has 12 heteroatoms. The highest BCUT2D eigenvalue weighted by atomic mass is 35.5. The summed E-state index contributed by atoms with van der Waals surface area (Å²) in [6.07, 6.45) is 1.66. The van der Waals surface area contributed by atoms with Crippen LogP contribution in [0.15, 0.2) is 41.9 Å². The minimum Gasteiger partial charge on any atom is -0.506 e. The summed E-state index contributed by atoms with van der Waals surface area (Å²) < 4.78 is 18.6. The molecule has 1 unspecified atom stereocenters. The van der Waals surface area contributed by atoms with E-state index in [-0.39, 0.29) is 44.2 Å². The zero-order valence-corrected chi connectivity index (χ0v) is 21.3. The van der Waals surface area contributed by atoms with Crippen LogP contribution in [0, 0.1) is 5.92 Å². The summed E-state index contributed by atoms with van der Waals surface area (Å²) >= 11 is 12.8. The molecule has 3 atom stereocenters. The van der Waals surface area contributed by atoms with Crippen molar-refractivity contribution in [3.63, 3.8) is 0 Å². The number of carbonyl (C=O) groups is 2. The number of fused-ring (bicyclic) bond motifs is 2. The molecule has 2 N–H and O–H groups in total. The molecule has 3 heterocycles. The van der Waals surface area contributed by atoms with Gasteiger partial charge < -0.3 is 24.6 Å². The number of ether oxygens (including phenoxy) is 3. The number of anilines is 1. The third-order valence-electron chi connectivity index (χ3n) is 7.17. The second-order valence-corrected chi connectivity index (χ2v) is 9.84. The monoisotopic (exact) mass is 542 g/mol. The summed E-state index contributed by atoms with van der Waals surface area (Å²) in [5.41, 5.74) is -0.348. The first-order valence-electron chi connectivity index (χ1n) is 11.3. The lowest BCUT2D eigenvalue weighted by molar-refractivity contribution is -0.130. The summed E-state index contributed by atoms with van der Waals surface area (Å²) in [6, 6.07) is 5.34. The number of phenols is 1. The highest BCUT2D eigenvalue weighted by molar-refractivity contribution is 6.36. The lowest BCUT2D eigenvalue weighted by Crippen LogP contribution is -2.58. The largest absolute Gasteiger partial charge is 0.506 e. The minimum absolute atomic E-state index is 0.0431. The maximum absolute atomic E-state index is 14.5. The molecule has 1 aliphatic carbocycles. The van der Waals surface area contributed by atoms with E-state index in [0.717, 1.165) is 0 Å². The van der Waals surface area contributed by atoms with Gasteiger partial charge in [-0.05, 0) is 24.1 Å². The Bertz CT molecular complexity index is 1550. The molecule has 0 radical (unpaired) electrons. The van der Waals surface area contributed by atoms with Crippen molar-refractivity contribution in [2.75, 3.05) is 19.5 Å². The lowest BCUT2D eigenvalue weighted by atomic mass is 9.69. The number of Topliss-reactive ketones (excluding diaryl/α,β-unsaturated/α-hetero) is 2. The van der Waals surface area contributed by atoms with Crippen molar-refractivity contribution in [3.8, 4) is 23.0 Å². The SMILES string of the molecule is COc1cc(OC)c2c(c1Cl)O[C@@]1(C(=O)C3=C(C[C@H]1C)Nc1ncnn1C3c1ccc(O)c(Cl)c1)C2=O. The third kappa shape index (κ3) is 3.05. The van der Waals surface area contributed by atoms with Gasteiger partial charge in [-0.2, -0.15) is 10.1 Å². The fraction of sp³-hybridized carbons (Fsp3) is 0.280. The van der Waals surface area contributed by atoms with Crippen LogP contribution in [0.1, 0.15) is 35.3 Å². The normalized spacial score (nSPS) is 23.8. The van der Waals surface area contributed by atoms with Crippen LogP contribution in [0.3, 0.4) is 0 Å². The van der Waals surface area contributed by atoms with Crippen molar-refractivity contribution in [2.24, 2.45) is 5.92 Å². The fourth-order valence-corrected chi connectivity index (χ4v) is 5.84. The first-order chi connectivity index (χ1) is 17.7. The highest BCUT2D eigenvalue weighted by Gasteiger charge is 2.63. The molecule has 6 rings (SSSR count). The molecule has 3 aromatic rings. The predicted molar refractivity (Wildman–Crippen MR) is 133 cm³/mol. The Morgan fingerprint density at radius 3 is 2.62 bits per heavy atom. The molecular weight excluding hydrogens is 523 g/mol. The van der Waals surface area contributed by atoms with Crippen LogP contribution in [0.5, 0.6) is 23.0 Å². The van der Waals surface area contributed by atoms with Gasteiger partial charge in [0.05, 0.1) is 19.2 Å². The van der Waals surface area contributed by atoms with Gasteiger partial charge >= 0.3 is 0 Å². The van der Waals surface area contributed by atoms with Crippen LogP contribution < -0.4 is 19.5 Å². The number of methoxy groups -OCH3 is 2. The maximum atomic E-state index is 14.5. The summed E-state index contributed by atoms with van der Waals surface area (Å²) in [7, 11) is 2.84. The molecule has 0 amide bonds. The first-order valence-corrected chi connectivity index (χ1v) is 12.1. The number of aromatic nitrogens is 3. The van der Waals surface area contributed by atoms with Crippen LogP contribution in [-0.4, -0.2) is 51.3 Å². The molecule has 0 bridgehead atoms. The van der Waals surface area contributed by atoms with Gasteiger partial charge in [-0.3, -0.25) is 9.59 Å². The number of nitrogens with zero attached hydrogens (tertiary/aromatic N) is 3. The smallest absolute Gasteiger partial charge is 0.236 e. The van der Waals surface area contributed by atoms with E-state index in [1.165, 1.54) is 37.4 Å². The molecule has 0 saturated heterocycles. The van der Waals surface area contributed by atoms with Crippen molar-refractivity contribution < 1.29 is 28.9 Å². The Balaban J connectivity index is 1.54. The van der Waals surface area contributed by atoms with E-state index < -0.39 is 29.1 Å². The zero-order valence-electron chi connectivity index (χ0n) is 19.8.